The molecule has 1 aliphatic carbocycles. The lowest BCUT2D eigenvalue weighted by atomic mass is 9.80. The Balaban J connectivity index is 1.20. The molecule has 0 unspecified atom stereocenters. The van der Waals surface area contributed by atoms with Gasteiger partial charge >= 0.3 is 0 Å². The zero-order valence-electron chi connectivity index (χ0n) is 25.8. The Labute approximate surface area is 263 Å². The quantitative estimate of drug-likeness (QED) is 0.248. The van der Waals surface area contributed by atoms with Gasteiger partial charge in [-0.05, 0) is 49.6 Å². The SMILES string of the molecule is COC[C@]1(O)CCCC[C@H]1n1cnc(C(=O)N2CCNC[C@H]2CCNc2ccc(-n3ccccc3=O)cc2)c1-c1ccccc1. The standard InChI is InChI=1S/C35H42N6O4/c1-45-24-35(44)18-7-5-11-30(35)41-25-38-32(33(41)26-9-3-2-4-10-26)34(43)40-22-20-36-23-29(40)17-19-37-27-13-15-28(16-14-27)39-21-8-6-12-31(39)42/h2-4,6,8-10,12-16,21,25,29-30,36-37,44H,5,7,11,17-20,22-24H2,1H3/t29-,30-,35-/m1/s1. The number of hydrogen-bond donors (Lipinski definition) is 3. The van der Waals surface area contributed by atoms with Gasteiger partial charge in [-0.25, -0.2) is 4.98 Å². The van der Waals surface area contributed by atoms with Crippen molar-refractivity contribution in [2.45, 2.75) is 49.8 Å². The summed E-state index contributed by atoms with van der Waals surface area (Å²) in [5.41, 5.74) is 2.71. The van der Waals surface area contributed by atoms with E-state index in [2.05, 4.69) is 10.6 Å². The fourth-order valence-electron chi connectivity index (χ4n) is 6.84. The molecule has 3 N–H and O–H groups in total. The third-order valence-corrected chi connectivity index (χ3v) is 9.12. The second-order valence-electron chi connectivity index (χ2n) is 12.0. The van der Waals surface area contributed by atoms with E-state index in [-0.39, 0.29) is 30.2 Å². The highest BCUT2D eigenvalue weighted by Crippen LogP contribution is 2.41. The normalized spacial score (nSPS) is 21.9. The van der Waals surface area contributed by atoms with E-state index in [0.717, 1.165) is 48.3 Å². The lowest BCUT2D eigenvalue weighted by Gasteiger charge is -2.41. The molecule has 2 fully saturated rings. The first-order valence-corrected chi connectivity index (χ1v) is 15.9. The summed E-state index contributed by atoms with van der Waals surface area (Å²) in [6, 6.07) is 22.5. The molecule has 1 amide bonds. The second-order valence-corrected chi connectivity index (χ2v) is 12.0. The highest BCUT2D eigenvalue weighted by Gasteiger charge is 2.42. The van der Waals surface area contributed by atoms with Crippen LogP contribution in [-0.4, -0.2) is 81.6 Å². The molecule has 10 heteroatoms. The topological polar surface area (TPSA) is 114 Å². The van der Waals surface area contributed by atoms with Crippen molar-refractivity contribution in [3.05, 3.63) is 101 Å². The van der Waals surface area contributed by atoms with Crippen LogP contribution in [0.5, 0.6) is 0 Å². The van der Waals surface area contributed by atoms with E-state index in [4.69, 9.17) is 9.72 Å². The largest absolute Gasteiger partial charge is 0.385 e. The molecule has 45 heavy (non-hydrogen) atoms. The van der Waals surface area contributed by atoms with Crippen LogP contribution in [0.25, 0.3) is 16.9 Å². The zero-order chi connectivity index (χ0) is 31.2. The average molecular weight is 611 g/mol. The molecule has 6 rings (SSSR count). The Morgan fingerprint density at radius 2 is 1.89 bits per heavy atom. The molecular weight excluding hydrogens is 568 g/mol. The average Bonchev–Trinajstić information content (AvgIpc) is 3.51. The Kier molecular flexibility index (Phi) is 9.44. The molecule has 0 radical (unpaired) electrons. The number of nitrogens with one attached hydrogen (secondary N) is 2. The summed E-state index contributed by atoms with van der Waals surface area (Å²) < 4.78 is 9.09. The Hall–Kier alpha value is -4.25. The van der Waals surface area contributed by atoms with Gasteiger partial charge in [0.1, 0.15) is 5.60 Å². The van der Waals surface area contributed by atoms with E-state index >= 15 is 0 Å². The molecule has 3 heterocycles. The molecule has 2 aromatic heterocycles. The van der Waals surface area contributed by atoms with Gasteiger partial charge in [0, 0.05) is 68.5 Å². The van der Waals surface area contributed by atoms with Gasteiger partial charge in [-0.15, -0.1) is 0 Å². The second kappa shape index (κ2) is 13.8. The van der Waals surface area contributed by atoms with Gasteiger partial charge < -0.3 is 29.9 Å². The summed E-state index contributed by atoms with van der Waals surface area (Å²) in [4.78, 5) is 33.2. The lowest BCUT2D eigenvalue weighted by Crippen LogP contribution is -2.54. The van der Waals surface area contributed by atoms with Crippen LogP contribution in [0.4, 0.5) is 5.69 Å². The monoisotopic (exact) mass is 610 g/mol. The van der Waals surface area contributed by atoms with Crippen LogP contribution in [0.1, 0.15) is 48.6 Å². The first-order chi connectivity index (χ1) is 22.0. The van der Waals surface area contributed by atoms with Crippen LogP contribution < -0.4 is 16.2 Å². The summed E-state index contributed by atoms with van der Waals surface area (Å²) >= 11 is 0. The third-order valence-electron chi connectivity index (χ3n) is 9.12. The number of aromatic nitrogens is 3. The van der Waals surface area contributed by atoms with Crippen LogP contribution in [0.15, 0.2) is 90.1 Å². The number of carbonyl (C=O) groups is 1. The van der Waals surface area contributed by atoms with Crippen molar-refractivity contribution < 1.29 is 14.6 Å². The number of aliphatic hydroxyl groups is 1. The molecule has 1 aliphatic heterocycles. The summed E-state index contributed by atoms with van der Waals surface area (Å²) in [5.74, 6) is -0.0946. The number of methoxy groups -OCH3 is 1. The maximum Gasteiger partial charge on any atom is 0.275 e. The smallest absolute Gasteiger partial charge is 0.275 e. The van der Waals surface area contributed by atoms with Crippen molar-refractivity contribution in [1.82, 2.24) is 24.3 Å². The molecular formula is C35H42N6O4. The van der Waals surface area contributed by atoms with Crippen molar-refractivity contribution in [2.75, 3.05) is 45.2 Å². The Morgan fingerprint density at radius 3 is 2.67 bits per heavy atom. The molecule has 1 saturated heterocycles. The van der Waals surface area contributed by atoms with E-state index in [9.17, 15) is 14.7 Å². The minimum atomic E-state index is -1.03. The van der Waals surface area contributed by atoms with Crippen LogP contribution in [0.2, 0.25) is 0 Å². The number of ether oxygens (including phenoxy) is 1. The molecule has 2 aromatic carbocycles. The first-order valence-electron chi connectivity index (χ1n) is 15.9. The van der Waals surface area contributed by atoms with Gasteiger partial charge in [0.2, 0.25) is 0 Å². The van der Waals surface area contributed by atoms with Crippen molar-refractivity contribution in [3.8, 4) is 16.9 Å². The Bertz CT molecular complexity index is 1630. The number of amides is 1. The predicted molar refractivity (Wildman–Crippen MR) is 175 cm³/mol. The van der Waals surface area contributed by atoms with Gasteiger partial charge in [0.05, 0.1) is 24.7 Å². The number of pyridine rings is 1. The van der Waals surface area contributed by atoms with Gasteiger partial charge in [-0.3, -0.25) is 14.2 Å². The van der Waals surface area contributed by atoms with Crippen molar-refractivity contribution in [2.24, 2.45) is 0 Å². The minimum absolute atomic E-state index is 0.0187. The molecule has 2 aliphatic rings. The third kappa shape index (κ3) is 6.58. The maximum absolute atomic E-state index is 14.3. The highest BCUT2D eigenvalue weighted by atomic mass is 16.5. The molecule has 3 atom stereocenters. The van der Waals surface area contributed by atoms with Crippen molar-refractivity contribution >= 4 is 11.6 Å². The number of carbonyl (C=O) groups excluding carboxylic acids is 1. The van der Waals surface area contributed by atoms with Crippen LogP contribution >= 0.6 is 0 Å². The van der Waals surface area contributed by atoms with Gasteiger partial charge in [0.15, 0.2) is 5.69 Å². The maximum atomic E-state index is 14.3. The molecule has 0 spiro atoms. The number of benzene rings is 2. The molecule has 10 nitrogen and oxygen atoms in total. The number of piperazine rings is 1. The highest BCUT2D eigenvalue weighted by molar-refractivity contribution is 5.98. The van der Waals surface area contributed by atoms with E-state index in [1.54, 1.807) is 36.3 Å². The molecule has 4 aromatic rings. The van der Waals surface area contributed by atoms with E-state index in [1.807, 2.05) is 70.1 Å². The number of nitrogens with zero attached hydrogens (tertiary/aromatic N) is 4. The van der Waals surface area contributed by atoms with Gasteiger partial charge in [0.25, 0.3) is 11.5 Å². The summed E-state index contributed by atoms with van der Waals surface area (Å²) in [7, 11) is 1.62. The zero-order valence-corrected chi connectivity index (χ0v) is 25.8. The minimum Gasteiger partial charge on any atom is -0.385 e. The van der Waals surface area contributed by atoms with Crippen molar-refractivity contribution in [3.63, 3.8) is 0 Å². The lowest BCUT2D eigenvalue weighted by molar-refractivity contribution is -0.0893. The number of rotatable bonds is 10. The molecule has 236 valence electrons. The number of anilines is 1. The first kappa shape index (κ1) is 30.8. The van der Waals surface area contributed by atoms with E-state index in [1.165, 1.54) is 0 Å². The summed E-state index contributed by atoms with van der Waals surface area (Å²) in [6.07, 6.45) is 7.59. The van der Waals surface area contributed by atoms with E-state index < -0.39 is 5.60 Å². The fourth-order valence-corrected chi connectivity index (χ4v) is 6.84. The van der Waals surface area contributed by atoms with Crippen LogP contribution in [0.3, 0.4) is 0 Å². The molecule has 1 saturated carbocycles. The van der Waals surface area contributed by atoms with Crippen molar-refractivity contribution in [1.29, 1.82) is 0 Å². The fraction of sp³-hybridized carbons (Fsp3) is 0.400. The van der Waals surface area contributed by atoms with Gasteiger partial charge in [-0.1, -0.05) is 49.2 Å². The Morgan fingerprint density at radius 1 is 1.09 bits per heavy atom. The predicted octanol–water partition coefficient (Wildman–Crippen LogP) is 4.11. The summed E-state index contributed by atoms with van der Waals surface area (Å²) in [5, 5.41) is 18.6. The summed E-state index contributed by atoms with van der Waals surface area (Å²) in [6.45, 7) is 2.90. The van der Waals surface area contributed by atoms with E-state index in [0.29, 0.717) is 38.3 Å². The van der Waals surface area contributed by atoms with Crippen LogP contribution in [-0.2, 0) is 4.74 Å². The number of hydrogen-bond acceptors (Lipinski definition) is 7. The van der Waals surface area contributed by atoms with Gasteiger partial charge in [-0.2, -0.15) is 0 Å². The van der Waals surface area contributed by atoms with Crippen LogP contribution in [0, 0.1) is 0 Å². The number of imidazole rings is 1. The molecule has 0 bridgehead atoms.